The molecule has 0 radical (unpaired) electrons. The fraction of sp³-hybridized carbons (Fsp3) is 0.500. The molecule has 12 heavy (non-hydrogen) atoms. The highest BCUT2D eigenvalue weighted by Gasteiger charge is 2.78. The second-order valence-electron chi connectivity index (χ2n) is 3.19. The van der Waals surface area contributed by atoms with E-state index in [4.69, 9.17) is 0 Å². The maximum atomic E-state index is 13.3. The fourth-order valence-corrected chi connectivity index (χ4v) is 1.84. The predicted octanol–water partition coefficient (Wildman–Crippen LogP) is 2.92. The summed E-state index contributed by atoms with van der Waals surface area (Å²) in [5.74, 6) is -2.35. The molecule has 0 bridgehead atoms. The van der Waals surface area contributed by atoms with Gasteiger partial charge in [-0.25, -0.2) is 17.6 Å². The minimum Gasteiger partial charge on any atom is -0.227 e. The van der Waals surface area contributed by atoms with Crippen LogP contribution in [0.5, 0.6) is 0 Å². The molecule has 2 atom stereocenters. The molecule has 0 spiro atoms. The van der Waals surface area contributed by atoms with Gasteiger partial charge in [-0.3, -0.25) is 0 Å². The average molecular weight is 178 g/mol. The number of halogens is 4. The summed E-state index contributed by atoms with van der Waals surface area (Å²) < 4.78 is 51.9. The van der Waals surface area contributed by atoms with Gasteiger partial charge in [0.2, 0.25) is 11.3 Å². The molecule has 2 unspecified atom stereocenters. The van der Waals surface area contributed by atoms with Crippen molar-refractivity contribution in [3.05, 3.63) is 22.8 Å². The second-order valence-corrected chi connectivity index (χ2v) is 3.19. The van der Waals surface area contributed by atoms with Crippen molar-refractivity contribution in [2.45, 2.75) is 25.2 Å². The zero-order valence-corrected chi connectivity index (χ0v) is 6.51. The van der Waals surface area contributed by atoms with Gasteiger partial charge in [-0.1, -0.05) is 0 Å². The molecule has 2 aliphatic rings. The van der Waals surface area contributed by atoms with Gasteiger partial charge in [-0.05, 0) is 13.8 Å². The van der Waals surface area contributed by atoms with Gasteiger partial charge in [-0.2, -0.15) is 0 Å². The SMILES string of the molecule is CC1=C(F)C2(F)C(C)=C(F)C12F. The zero-order chi connectivity index (χ0) is 9.31. The molecule has 66 valence electrons. The van der Waals surface area contributed by atoms with E-state index in [-0.39, 0.29) is 0 Å². The minimum atomic E-state index is -2.79. The van der Waals surface area contributed by atoms with Crippen LogP contribution in [0.1, 0.15) is 13.8 Å². The lowest BCUT2D eigenvalue weighted by Gasteiger charge is -2.54. The Morgan fingerprint density at radius 3 is 1.33 bits per heavy atom. The van der Waals surface area contributed by atoms with Crippen LogP contribution in [0.15, 0.2) is 22.8 Å². The Balaban J connectivity index is 2.61. The molecular weight excluding hydrogens is 172 g/mol. The van der Waals surface area contributed by atoms with Crippen molar-refractivity contribution in [2.75, 3.05) is 0 Å². The lowest BCUT2D eigenvalue weighted by Crippen LogP contribution is -2.66. The summed E-state index contributed by atoms with van der Waals surface area (Å²) in [7, 11) is 0. The Hall–Kier alpha value is -0.800. The van der Waals surface area contributed by atoms with Crippen LogP contribution >= 0.6 is 0 Å². The van der Waals surface area contributed by atoms with Crippen LogP contribution in [0.3, 0.4) is 0 Å². The van der Waals surface area contributed by atoms with E-state index in [1.165, 1.54) is 0 Å². The van der Waals surface area contributed by atoms with Crippen LogP contribution in [0.25, 0.3) is 0 Å². The molecule has 0 aromatic rings. The Kier molecular flexibility index (Phi) is 1.05. The molecule has 0 heterocycles. The Morgan fingerprint density at radius 2 is 1.08 bits per heavy atom. The molecule has 2 rings (SSSR count). The maximum Gasteiger partial charge on any atom is 0.229 e. The summed E-state index contributed by atoms with van der Waals surface area (Å²) in [6.07, 6.45) is 0. The summed E-state index contributed by atoms with van der Waals surface area (Å²) >= 11 is 0. The quantitative estimate of drug-likeness (QED) is 0.500. The Bertz CT molecular complexity index is 279. The highest BCUT2D eigenvalue weighted by molar-refractivity contribution is 5.66. The first kappa shape index (κ1) is 7.83. The van der Waals surface area contributed by atoms with Gasteiger partial charge < -0.3 is 0 Å². The summed E-state index contributed by atoms with van der Waals surface area (Å²) in [5, 5.41) is 0. The Labute approximate surface area is 66.6 Å². The molecule has 0 saturated heterocycles. The zero-order valence-electron chi connectivity index (χ0n) is 6.51. The standard InChI is InChI=1S/C8H6F4/c1-3-5(9)8(12)4(2)6(10)7(3,8)11/h1-2H3. The molecule has 0 N–H and O–H groups in total. The maximum absolute atomic E-state index is 13.3. The predicted molar refractivity (Wildman–Crippen MR) is 35.3 cm³/mol. The monoisotopic (exact) mass is 178 g/mol. The van der Waals surface area contributed by atoms with E-state index in [1.54, 1.807) is 0 Å². The van der Waals surface area contributed by atoms with Gasteiger partial charge in [0, 0.05) is 11.1 Å². The van der Waals surface area contributed by atoms with E-state index >= 15 is 0 Å². The summed E-state index contributed by atoms with van der Waals surface area (Å²) in [5.41, 5.74) is -6.54. The first-order valence-electron chi connectivity index (χ1n) is 3.51. The average Bonchev–Trinajstić information content (AvgIpc) is 2.10. The number of rotatable bonds is 0. The number of fused-ring (bicyclic) bond motifs is 1. The molecule has 0 amide bonds. The molecule has 2 aliphatic carbocycles. The summed E-state index contributed by atoms with van der Waals surface area (Å²) in [4.78, 5) is 0. The van der Waals surface area contributed by atoms with E-state index in [2.05, 4.69) is 0 Å². The molecular formula is C8H6F4. The van der Waals surface area contributed by atoms with Crippen molar-refractivity contribution in [3.8, 4) is 0 Å². The van der Waals surface area contributed by atoms with Crippen LogP contribution in [-0.2, 0) is 0 Å². The fourth-order valence-electron chi connectivity index (χ4n) is 1.84. The smallest absolute Gasteiger partial charge is 0.227 e. The number of allylic oxidation sites excluding steroid dienone is 4. The highest BCUT2D eigenvalue weighted by Crippen LogP contribution is 2.68. The molecule has 4 heteroatoms. The van der Waals surface area contributed by atoms with Crippen molar-refractivity contribution in [3.63, 3.8) is 0 Å². The van der Waals surface area contributed by atoms with Crippen molar-refractivity contribution in [1.82, 2.24) is 0 Å². The summed E-state index contributed by atoms with van der Waals surface area (Å²) in [6.45, 7) is 2.11. The number of hydrogen-bond donors (Lipinski definition) is 0. The Morgan fingerprint density at radius 1 is 0.833 bits per heavy atom. The third-order valence-corrected chi connectivity index (χ3v) is 2.77. The summed E-state index contributed by atoms with van der Waals surface area (Å²) in [6, 6.07) is 0. The number of hydrogen-bond acceptors (Lipinski definition) is 0. The van der Waals surface area contributed by atoms with Crippen LogP contribution in [-0.4, -0.2) is 11.3 Å². The van der Waals surface area contributed by atoms with Crippen LogP contribution in [0.2, 0.25) is 0 Å². The van der Waals surface area contributed by atoms with Crippen LogP contribution < -0.4 is 0 Å². The first-order valence-corrected chi connectivity index (χ1v) is 3.51. The lowest BCUT2D eigenvalue weighted by molar-refractivity contribution is -0.0429. The molecule has 0 fully saturated rings. The third kappa shape index (κ3) is 0.383. The van der Waals surface area contributed by atoms with E-state index in [1.807, 2.05) is 0 Å². The van der Waals surface area contributed by atoms with Gasteiger partial charge in [0.1, 0.15) is 11.7 Å². The van der Waals surface area contributed by atoms with Gasteiger partial charge >= 0.3 is 0 Å². The van der Waals surface area contributed by atoms with Gasteiger partial charge in [0.05, 0.1) is 0 Å². The highest BCUT2D eigenvalue weighted by atomic mass is 19.2. The molecule has 0 nitrogen and oxygen atoms in total. The van der Waals surface area contributed by atoms with E-state index < -0.39 is 34.1 Å². The van der Waals surface area contributed by atoms with E-state index in [9.17, 15) is 17.6 Å². The largest absolute Gasteiger partial charge is 0.229 e. The second kappa shape index (κ2) is 1.60. The molecule has 0 aliphatic heterocycles. The first-order chi connectivity index (χ1) is 5.38. The van der Waals surface area contributed by atoms with Gasteiger partial charge in [0.15, 0.2) is 0 Å². The van der Waals surface area contributed by atoms with Crippen molar-refractivity contribution >= 4 is 0 Å². The van der Waals surface area contributed by atoms with Crippen molar-refractivity contribution < 1.29 is 17.6 Å². The van der Waals surface area contributed by atoms with Gasteiger partial charge in [-0.15, -0.1) is 0 Å². The van der Waals surface area contributed by atoms with E-state index in [0.717, 1.165) is 13.8 Å². The van der Waals surface area contributed by atoms with Crippen LogP contribution in [0.4, 0.5) is 17.6 Å². The molecule has 0 aromatic carbocycles. The normalized spacial score (nSPS) is 45.5. The van der Waals surface area contributed by atoms with Gasteiger partial charge in [0.25, 0.3) is 0 Å². The number of alkyl halides is 2. The van der Waals surface area contributed by atoms with Crippen LogP contribution in [0, 0.1) is 0 Å². The van der Waals surface area contributed by atoms with E-state index in [0.29, 0.717) is 0 Å². The van der Waals surface area contributed by atoms with Crippen molar-refractivity contribution in [1.29, 1.82) is 0 Å². The lowest BCUT2D eigenvalue weighted by atomic mass is 9.56. The molecule has 0 aromatic heterocycles. The topological polar surface area (TPSA) is 0 Å². The minimum absolute atomic E-state index is 0.479. The van der Waals surface area contributed by atoms with Crippen molar-refractivity contribution in [2.24, 2.45) is 0 Å². The molecule has 0 saturated carbocycles. The third-order valence-electron chi connectivity index (χ3n) is 2.77.